The number of furan rings is 1. The molecular weight excluding hydrogens is 304 g/mol. The minimum absolute atomic E-state index is 0.0219. The van der Waals surface area contributed by atoms with Gasteiger partial charge in [0, 0.05) is 26.8 Å². The van der Waals surface area contributed by atoms with E-state index in [1.165, 1.54) is 11.8 Å². The number of rotatable bonds is 9. The van der Waals surface area contributed by atoms with Gasteiger partial charge in [0.15, 0.2) is 16.7 Å². The Labute approximate surface area is 133 Å². The molecular formula is C14H20N4O3S. The lowest BCUT2D eigenvalue weighted by atomic mass is 10.4. The van der Waals surface area contributed by atoms with Gasteiger partial charge < -0.3 is 14.5 Å². The predicted molar refractivity (Wildman–Crippen MR) is 83.6 cm³/mol. The van der Waals surface area contributed by atoms with Gasteiger partial charge in [-0.15, -0.1) is 10.2 Å². The first-order chi connectivity index (χ1) is 10.8. The van der Waals surface area contributed by atoms with Crippen LogP contribution in [-0.4, -0.2) is 46.7 Å². The number of nitrogens with one attached hydrogen (secondary N) is 1. The van der Waals surface area contributed by atoms with Crippen molar-refractivity contribution < 1.29 is 13.9 Å². The average Bonchev–Trinajstić information content (AvgIpc) is 3.17. The first kappa shape index (κ1) is 16.6. The summed E-state index contributed by atoms with van der Waals surface area (Å²) in [7, 11) is 1.64. The van der Waals surface area contributed by atoms with E-state index in [9.17, 15) is 4.79 Å². The number of nitrogens with zero attached hydrogens (tertiary/aromatic N) is 3. The fourth-order valence-corrected chi connectivity index (χ4v) is 2.73. The van der Waals surface area contributed by atoms with Gasteiger partial charge in [-0.25, -0.2) is 0 Å². The molecule has 7 nitrogen and oxygen atoms in total. The molecule has 1 amide bonds. The molecule has 120 valence electrons. The van der Waals surface area contributed by atoms with Crippen LogP contribution in [0, 0.1) is 0 Å². The van der Waals surface area contributed by atoms with Crippen LogP contribution in [0.3, 0.4) is 0 Å². The number of aromatic nitrogens is 3. The number of ether oxygens (including phenoxy) is 1. The van der Waals surface area contributed by atoms with Crippen LogP contribution in [0.5, 0.6) is 0 Å². The van der Waals surface area contributed by atoms with Crippen molar-refractivity contribution >= 4 is 17.7 Å². The Balaban J connectivity index is 1.89. The van der Waals surface area contributed by atoms with Crippen LogP contribution in [0.15, 0.2) is 28.0 Å². The molecule has 0 saturated carbocycles. The van der Waals surface area contributed by atoms with Crippen LogP contribution < -0.4 is 5.32 Å². The highest BCUT2D eigenvalue weighted by molar-refractivity contribution is 7.99. The average molecular weight is 324 g/mol. The van der Waals surface area contributed by atoms with E-state index in [0.717, 1.165) is 6.42 Å². The molecule has 2 rings (SSSR count). The Morgan fingerprint density at radius 1 is 1.50 bits per heavy atom. The highest BCUT2D eigenvalue weighted by Gasteiger charge is 2.15. The maximum Gasteiger partial charge on any atom is 0.230 e. The Bertz CT molecular complexity index is 583. The van der Waals surface area contributed by atoms with E-state index < -0.39 is 0 Å². The molecule has 0 radical (unpaired) electrons. The first-order valence-corrected chi connectivity index (χ1v) is 8.10. The van der Waals surface area contributed by atoms with Crippen LogP contribution in [0.25, 0.3) is 11.6 Å². The minimum atomic E-state index is -0.0219. The largest absolute Gasteiger partial charge is 0.461 e. The molecule has 0 atom stereocenters. The van der Waals surface area contributed by atoms with Crippen molar-refractivity contribution in [1.82, 2.24) is 20.1 Å². The van der Waals surface area contributed by atoms with Crippen molar-refractivity contribution in [2.45, 2.75) is 25.0 Å². The Kier molecular flexibility index (Phi) is 6.47. The second-order valence-corrected chi connectivity index (χ2v) is 5.46. The van der Waals surface area contributed by atoms with Gasteiger partial charge in [-0.05, 0) is 25.5 Å². The third-order valence-electron chi connectivity index (χ3n) is 2.95. The zero-order chi connectivity index (χ0) is 15.8. The van der Waals surface area contributed by atoms with Crippen molar-refractivity contribution in [2.24, 2.45) is 0 Å². The third kappa shape index (κ3) is 4.35. The second kappa shape index (κ2) is 8.60. The summed E-state index contributed by atoms with van der Waals surface area (Å²) in [6.45, 7) is 3.97. The number of methoxy groups -OCH3 is 1. The lowest BCUT2D eigenvalue weighted by molar-refractivity contribution is -0.118. The van der Waals surface area contributed by atoms with Crippen molar-refractivity contribution in [3.63, 3.8) is 0 Å². The maximum atomic E-state index is 11.8. The number of hydrogen-bond acceptors (Lipinski definition) is 6. The highest BCUT2D eigenvalue weighted by atomic mass is 32.2. The Morgan fingerprint density at radius 2 is 2.36 bits per heavy atom. The lowest BCUT2D eigenvalue weighted by Gasteiger charge is -2.06. The molecule has 0 bridgehead atoms. The minimum Gasteiger partial charge on any atom is -0.461 e. The van der Waals surface area contributed by atoms with Crippen LogP contribution in [0.1, 0.15) is 13.3 Å². The monoisotopic (exact) mass is 324 g/mol. The number of carbonyl (C=O) groups is 1. The van der Waals surface area contributed by atoms with Crippen LogP contribution in [0.4, 0.5) is 0 Å². The summed E-state index contributed by atoms with van der Waals surface area (Å²) in [6, 6.07) is 3.65. The molecule has 0 aliphatic carbocycles. The van der Waals surface area contributed by atoms with Gasteiger partial charge in [0.2, 0.25) is 5.91 Å². The Morgan fingerprint density at radius 3 is 3.05 bits per heavy atom. The van der Waals surface area contributed by atoms with Gasteiger partial charge >= 0.3 is 0 Å². The molecule has 2 heterocycles. The molecule has 22 heavy (non-hydrogen) atoms. The molecule has 0 spiro atoms. The summed E-state index contributed by atoms with van der Waals surface area (Å²) in [5, 5.41) is 11.8. The van der Waals surface area contributed by atoms with Gasteiger partial charge in [-0.1, -0.05) is 11.8 Å². The Hall–Kier alpha value is -1.80. The van der Waals surface area contributed by atoms with Gasteiger partial charge in [-0.3, -0.25) is 9.36 Å². The summed E-state index contributed by atoms with van der Waals surface area (Å²) in [4.78, 5) is 11.8. The molecule has 0 aromatic carbocycles. The molecule has 0 aliphatic heterocycles. The standard InChI is InChI=1S/C14H20N4O3S/c1-3-18-13(11-6-4-9-21-11)16-17-14(18)22-10-12(19)15-7-5-8-20-2/h4,6,9H,3,5,7-8,10H2,1-2H3,(H,15,19). The van der Waals surface area contributed by atoms with Gasteiger partial charge in [0.05, 0.1) is 12.0 Å². The van der Waals surface area contributed by atoms with E-state index in [-0.39, 0.29) is 5.91 Å². The molecule has 2 aromatic heterocycles. The van der Waals surface area contributed by atoms with E-state index in [4.69, 9.17) is 9.15 Å². The quantitative estimate of drug-likeness (QED) is 0.559. The highest BCUT2D eigenvalue weighted by Crippen LogP contribution is 2.23. The molecule has 8 heteroatoms. The van der Waals surface area contributed by atoms with Crippen molar-refractivity contribution in [3.05, 3.63) is 18.4 Å². The number of hydrogen-bond donors (Lipinski definition) is 1. The van der Waals surface area contributed by atoms with E-state index in [1.807, 2.05) is 23.6 Å². The van der Waals surface area contributed by atoms with E-state index in [2.05, 4.69) is 15.5 Å². The van der Waals surface area contributed by atoms with Crippen molar-refractivity contribution in [3.8, 4) is 11.6 Å². The number of amides is 1. The molecule has 0 unspecified atom stereocenters. The van der Waals surface area contributed by atoms with Crippen LogP contribution >= 0.6 is 11.8 Å². The summed E-state index contributed by atoms with van der Waals surface area (Å²) in [5.74, 6) is 1.63. The fraction of sp³-hybridized carbons (Fsp3) is 0.500. The maximum absolute atomic E-state index is 11.8. The van der Waals surface area contributed by atoms with Gasteiger partial charge in [0.1, 0.15) is 0 Å². The molecule has 2 aromatic rings. The van der Waals surface area contributed by atoms with Crippen LogP contribution in [-0.2, 0) is 16.1 Å². The number of carbonyl (C=O) groups excluding carboxylic acids is 1. The summed E-state index contributed by atoms with van der Waals surface area (Å²) < 4.78 is 12.2. The second-order valence-electron chi connectivity index (χ2n) is 4.51. The summed E-state index contributed by atoms with van der Waals surface area (Å²) >= 11 is 1.37. The normalized spacial score (nSPS) is 10.8. The van der Waals surface area contributed by atoms with Crippen molar-refractivity contribution in [1.29, 1.82) is 0 Å². The van der Waals surface area contributed by atoms with Gasteiger partial charge in [-0.2, -0.15) is 0 Å². The summed E-state index contributed by atoms with van der Waals surface area (Å²) in [6.07, 6.45) is 2.41. The van der Waals surface area contributed by atoms with E-state index >= 15 is 0 Å². The molecule has 0 saturated heterocycles. The zero-order valence-corrected chi connectivity index (χ0v) is 13.6. The molecule has 1 N–H and O–H groups in total. The van der Waals surface area contributed by atoms with E-state index in [1.54, 1.807) is 13.4 Å². The smallest absolute Gasteiger partial charge is 0.230 e. The zero-order valence-electron chi connectivity index (χ0n) is 12.7. The third-order valence-corrected chi connectivity index (χ3v) is 3.92. The van der Waals surface area contributed by atoms with Crippen LogP contribution in [0.2, 0.25) is 0 Å². The number of thioether (sulfide) groups is 1. The SMILES string of the molecule is CCn1c(SCC(=O)NCCCOC)nnc1-c1ccco1. The first-order valence-electron chi connectivity index (χ1n) is 7.11. The van der Waals surface area contributed by atoms with Crippen molar-refractivity contribution in [2.75, 3.05) is 26.0 Å². The topological polar surface area (TPSA) is 82.2 Å². The fourth-order valence-electron chi connectivity index (χ4n) is 1.89. The molecule has 0 fully saturated rings. The molecule has 0 aliphatic rings. The summed E-state index contributed by atoms with van der Waals surface area (Å²) in [5.41, 5.74) is 0. The lowest BCUT2D eigenvalue weighted by Crippen LogP contribution is -2.27. The van der Waals surface area contributed by atoms with E-state index in [0.29, 0.717) is 42.2 Å². The van der Waals surface area contributed by atoms with Gasteiger partial charge in [0.25, 0.3) is 0 Å². The predicted octanol–water partition coefficient (Wildman–Crippen LogP) is 1.80.